The minimum absolute atomic E-state index is 0.000400. The molecule has 158 valence electrons. The van der Waals surface area contributed by atoms with Gasteiger partial charge in [-0.3, -0.25) is 20.4 Å². The van der Waals surface area contributed by atoms with E-state index in [0.29, 0.717) is 35.4 Å². The Morgan fingerprint density at radius 1 is 1.17 bits per heavy atom. The maximum atomic E-state index is 13.7. The summed E-state index contributed by atoms with van der Waals surface area (Å²) in [7, 11) is 0. The summed E-state index contributed by atoms with van der Waals surface area (Å²) in [6.07, 6.45) is 1.25. The lowest BCUT2D eigenvalue weighted by Crippen LogP contribution is -2.42. The van der Waals surface area contributed by atoms with E-state index in [-0.39, 0.29) is 17.9 Å². The van der Waals surface area contributed by atoms with E-state index in [1.807, 2.05) is 0 Å². The van der Waals surface area contributed by atoms with Crippen molar-refractivity contribution in [3.63, 3.8) is 0 Å². The van der Waals surface area contributed by atoms with Crippen molar-refractivity contribution in [2.24, 2.45) is 5.10 Å². The standard InChI is InChI=1S/C20H21FN4O5/c1-3-29-20(28)25-22-14-9-6-10-15-16(14)11(2)17(30-15)19(27)24-23-18(26)12-7-4-5-8-13(12)21/h4-5,7-8H,3,6,9-10H2,1-2H3,(H,23,26)(H,24,27)(H,25,28)/b22-14+. The summed E-state index contributed by atoms with van der Waals surface area (Å²) in [5.74, 6) is -1.63. The molecule has 30 heavy (non-hydrogen) atoms. The van der Waals surface area contributed by atoms with Gasteiger partial charge in [-0.1, -0.05) is 12.1 Å². The molecule has 0 unspecified atom stereocenters. The summed E-state index contributed by atoms with van der Waals surface area (Å²) in [4.78, 5) is 36.1. The first kappa shape index (κ1) is 21.0. The highest BCUT2D eigenvalue weighted by atomic mass is 19.1. The highest BCUT2D eigenvalue weighted by molar-refractivity contribution is 6.07. The molecule has 1 aliphatic carbocycles. The van der Waals surface area contributed by atoms with Crippen LogP contribution in [0.2, 0.25) is 0 Å². The Bertz CT molecular complexity index is 1010. The molecule has 3 rings (SSSR count). The van der Waals surface area contributed by atoms with E-state index in [1.54, 1.807) is 13.8 Å². The Labute approximate surface area is 171 Å². The lowest BCUT2D eigenvalue weighted by Gasteiger charge is -2.13. The number of benzene rings is 1. The van der Waals surface area contributed by atoms with E-state index in [0.717, 1.165) is 12.5 Å². The lowest BCUT2D eigenvalue weighted by molar-refractivity contribution is 0.0827. The van der Waals surface area contributed by atoms with E-state index < -0.39 is 23.7 Å². The molecule has 0 saturated carbocycles. The summed E-state index contributed by atoms with van der Waals surface area (Å²) in [6.45, 7) is 3.58. The van der Waals surface area contributed by atoms with E-state index in [1.165, 1.54) is 18.2 Å². The number of rotatable bonds is 4. The molecule has 0 bridgehead atoms. The number of fused-ring (bicyclic) bond motifs is 1. The second-order valence-electron chi connectivity index (χ2n) is 6.49. The van der Waals surface area contributed by atoms with Gasteiger partial charge in [0.25, 0.3) is 5.91 Å². The normalized spacial score (nSPS) is 14.0. The number of furan rings is 1. The van der Waals surface area contributed by atoms with Gasteiger partial charge >= 0.3 is 12.0 Å². The molecule has 1 aliphatic rings. The largest absolute Gasteiger partial charge is 0.455 e. The molecule has 1 heterocycles. The average molecular weight is 416 g/mol. The van der Waals surface area contributed by atoms with Crippen LogP contribution in [0.3, 0.4) is 0 Å². The second-order valence-corrected chi connectivity index (χ2v) is 6.49. The van der Waals surface area contributed by atoms with Crippen LogP contribution in [0.4, 0.5) is 9.18 Å². The van der Waals surface area contributed by atoms with Crippen molar-refractivity contribution < 1.29 is 27.9 Å². The van der Waals surface area contributed by atoms with Crippen molar-refractivity contribution in [3.05, 3.63) is 58.3 Å². The number of ether oxygens (including phenoxy) is 1. The fraction of sp³-hybridized carbons (Fsp3) is 0.300. The minimum atomic E-state index is -0.795. The minimum Gasteiger partial charge on any atom is -0.455 e. The van der Waals surface area contributed by atoms with Crippen molar-refractivity contribution in [1.29, 1.82) is 0 Å². The van der Waals surface area contributed by atoms with E-state index >= 15 is 0 Å². The van der Waals surface area contributed by atoms with Crippen molar-refractivity contribution in [2.75, 3.05) is 6.61 Å². The number of nitrogens with zero attached hydrogens (tertiary/aromatic N) is 1. The van der Waals surface area contributed by atoms with Crippen molar-refractivity contribution in [3.8, 4) is 0 Å². The molecule has 0 fully saturated rings. The van der Waals surface area contributed by atoms with Crippen LogP contribution in [-0.2, 0) is 11.2 Å². The predicted octanol–water partition coefficient (Wildman–Crippen LogP) is 2.59. The summed E-state index contributed by atoms with van der Waals surface area (Å²) in [5.41, 5.74) is 8.24. The van der Waals surface area contributed by atoms with Crippen molar-refractivity contribution in [1.82, 2.24) is 16.3 Å². The first-order valence-electron chi connectivity index (χ1n) is 9.39. The van der Waals surface area contributed by atoms with Crippen LogP contribution in [0.25, 0.3) is 0 Å². The number of amides is 3. The average Bonchev–Trinajstić information content (AvgIpc) is 3.08. The second kappa shape index (κ2) is 9.21. The number of carbonyl (C=O) groups is 3. The maximum Gasteiger partial charge on any atom is 0.427 e. The fourth-order valence-corrected chi connectivity index (χ4v) is 3.16. The molecule has 0 atom stereocenters. The van der Waals surface area contributed by atoms with Gasteiger partial charge in [-0.15, -0.1) is 0 Å². The number of halogens is 1. The number of aryl methyl sites for hydroxylation is 1. The van der Waals surface area contributed by atoms with Gasteiger partial charge in [0.1, 0.15) is 11.6 Å². The molecular formula is C20H21FN4O5. The SMILES string of the molecule is CCOC(=O)N/N=C1\CCCc2oc(C(=O)NNC(=O)c3ccccc3F)c(C)c21. The molecular weight excluding hydrogens is 395 g/mol. The molecule has 3 amide bonds. The molecule has 0 spiro atoms. The molecule has 1 aromatic carbocycles. The Morgan fingerprint density at radius 2 is 1.90 bits per heavy atom. The molecule has 9 nitrogen and oxygen atoms in total. The van der Waals surface area contributed by atoms with Gasteiger partial charge in [-0.25, -0.2) is 14.6 Å². The maximum absolute atomic E-state index is 13.7. The number of hydrazone groups is 1. The van der Waals surface area contributed by atoms with Gasteiger partial charge in [0.05, 0.1) is 17.9 Å². The van der Waals surface area contributed by atoms with Crippen LogP contribution in [0, 0.1) is 12.7 Å². The van der Waals surface area contributed by atoms with Gasteiger partial charge in [0, 0.05) is 17.5 Å². The summed E-state index contributed by atoms with van der Waals surface area (Å²) < 4.78 is 24.1. The highest BCUT2D eigenvalue weighted by Gasteiger charge is 2.28. The molecule has 1 aromatic heterocycles. The predicted molar refractivity (Wildman–Crippen MR) is 104 cm³/mol. The topological polar surface area (TPSA) is 122 Å². The van der Waals surface area contributed by atoms with Crippen LogP contribution in [0.1, 0.15) is 57.6 Å². The van der Waals surface area contributed by atoms with Crippen LogP contribution >= 0.6 is 0 Å². The van der Waals surface area contributed by atoms with Gasteiger partial charge in [0.15, 0.2) is 5.76 Å². The Hall–Kier alpha value is -3.69. The smallest absolute Gasteiger partial charge is 0.427 e. The zero-order valence-electron chi connectivity index (χ0n) is 16.5. The van der Waals surface area contributed by atoms with E-state index in [4.69, 9.17) is 9.15 Å². The molecule has 3 N–H and O–H groups in total. The number of nitrogens with one attached hydrogen (secondary N) is 3. The summed E-state index contributed by atoms with van der Waals surface area (Å²) >= 11 is 0. The summed E-state index contributed by atoms with van der Waals surface area (Å²) in [5, 5.41) is 4.09. The molecule has 0 radical (unpaired) electrons. The van der Waals surface area contributed by atoms with Crippen LogP contribution in [-0.4, -0.2) is 30.2 Å². The summed E-state index contributed by atoms with van der Waals surface area (Å²) in [6, 6.07) is 5.41. The first-order valence-corrected chi connectivity index (χ1v) is 9.39. The Kier molecular flexibility index (Phi) is 6.45. The zero-order valence-corrected chi connectivity index (χ0v) is 16.5. The van der Waals surface area contributed by atoms with Crippen molar-refractivity contribution >= 4 is 23.6 Å². The monoisotopic (exact) mass is 416 g/mol. The molecule has 0 saturated heterocycles. The van der Waals surface area contributed by atoms with Crippen LogP contribution < -0.4 is 16.3 Å². The van der Waals surface area contributed by atoms with Gasteiger partial charge in [0.2, 0.25) is 0 Å². The van der Waals surface area contributed by atoms with E-state index in [9.17, 15) is 18.8 Å². The van der Waals surface area contributed by atoms with Gasteiger partial charge in [-0.2, -0.15) is 5.10 Å². The third-order valence-electron chi connectivity index (χ3n) is 4.50. The fourth-order valence-electron chi connectivity index (χ4n) is 3.16. The third-order valence-corrected chi connectivity index (χ3v) is 4.50. The zero-order chi connectivity index (χ0) is 21.7. The van der Waals surface area contributed by atoms with Crippen LogP contribution in [0.15, 0.2) is 33.8 Å². The van der Waals surface area contributed by atoms with Crippen LogP contribution in [0.5, 0.6) is 0 Å². The number of hydrogen-bond acceptors (Lipinski definition) is 6. The lowest BCUT2D eigenvalue weighted by atomic mass is 9.93. The number of carbonyl (C=O) groups excluding carboxylic acids is 3. The Morgan fingerprint density at radius 3 is 2.63 bits per heavy atom. The molecule has 10 heteroatoms. The number of hydrogen-bond donors (Lipinski definition) is 3. The number of hydrazine groups is 1. The molecule has 2 aromatic rings. The van der Waals surface area contributed by atoms with Gasteiger partial charge < -0.3 is 9.15 Å². The quantitative estimate of drug-likeness (QED) is 0.662. The van der Waals surface area contributed by atoms with E-state index in [2.05, 4.69) is 21.4 Å². The highest BCUT2D eigenvalue weighted by Crippen LogP contribution is 2.29. The first-order chi connectivity index (χ1) is 14.4. The van der Waals surface area contributed by atoms with Crippen molar-refractivity contribution in [2.45, 2.75) is 33.1 Å². The third kappa shape index (κ3) is 4.48. The van der Waals surface area contributed by atoms with Gasteiger partial charge in [-0.05, 0) is 38.8 Å². The molecule has 0 aliphatic heterocycles. The Balaban J connectivity index is 1.74.